The van der Waals surface area contributed by atoms with Gasteiger partial charge in [0.25, 0.3) is 11.6 Å². The molecule has 9 nitrogen and oxygen atoms in total. The Morgan fingerprint density at radius 3 is 2.80 bits per heavy atom. The van der Waals surface area contributed by atoms with Crippen LogP contribution in [-0.4, -0.2) is 55.1 Å². The molecule has 0 radical (unpaired) electrons. The molecule has 4 rings (SSSR count). The number of rotatable bonds is 4. The highest BCUT2D eigenvalue weighted by atomic mass is 32.2. The number of pyridine rings is 1. The van der Waals surface area contributed by atoms with Gasteiger partial charge >= 0.3 is 12.1 Å². The molecule has 0 saturated carbocycles. The van der Waals surface area contributed by atoms with Gasteiger partial charge in [0, 0.05) is 17.4 Å². The lowest BCUT2D eigenvalue weighted by molar-refractivity contribution is -0.662. The van der Waals surface area contributed by atoms with Crippen molar-refractivity contribution in [3.8, 4) is 0 Å². The van der Waals surface area contributed by atoms with Crippen molar-refractivity contribution >= 4 is 35.4 Å². The molecule has 2 atom stereocenters. The van der Waals surface area contributed by atoms with Crippen molar-refractivity contribution in [2.75, 3.05) is 5.75 Å². The minimum absolute atomic E-state index is 0.00577. The van der Waals surface area contributed by atoms with Gasteiger partial charge in [-0.15, -0.1) is 11.8 Å². The van der Waals surface area contributed by atoms with E-state index in [9.17, 15) is 19.5 Å². The van der Waals surface area contributed by atoms with Crippen LogP contribution in [0, 0.1) is 0 Å². The molecule has 2 aliphatic rings. The molecule has 2 N–H and O–H groups in total. The summed E-state index contributed by atoms with van der Waals surface area (Å²) in [6.45, 7) is 5.56. The summed E-state index contributed by atoms with van der Waals surface area (Å²) < 4.78 is 9.10. The first-order chi connectivity index (χ1) is 14.2. The normalized spacial score (nSPS) is 21.3. The summed E-state index contributed by atoms with van der Waals surface area (Å²) in [7, 11) is 0. The molecule has 2 aromatic rings. The molecule has 0 spiro atoms. The molecule has 0 bridgehead atoms. The van der Waals surface area contributed by atoms with Crippen molar-refractivity contribution < 1.29 is 28.8 Å². The van der Waals surface area contributed by atoms with Gasteiger partial charge in [-0.3, -0.25) is 9.69 Å². The Morgan fingerprint density at radius 1 is 1.33 bits per heavy atom. The van der Waals surface area contributed by atoms with Crippen LogP contribution in [0.25, 0.3) is 5.65 Å². The Bertz CT molecular complexity index is 1070. The highest BCUT2D eigenvalue weighted by Crippen LogP contribution is 2.40. The Morgan fingerprint density at radius 2 is 2.10 bits per heavy atom. The lowest BCUT2D eigenvalue weighted by Crippen LogP contribution is -2.71. The predicted molar refractivity (Wildman–Crippen MR) is 109 cm³/mol. The molecular weight excluding hydrogens is 408 g/mol. The van der Waals surface area contributed by atoms with Gasteiger partial charge in [0.15, 0.2) is 0 Å². The summed E-state index contributed by atoms with van der Waals surface area (Å²) >= 11 is 1.43. The summed E-state index contributed by atoms with van der Waals surface area (Å²) in [6, 6.07) is 4.96. The van der Waals surface area contributed by atoms with E-state index in [1.165, 1.54) is 16.7 Å². The summed E-state index contributed by atoms with van der Waals surface area (Å²) in [4.78, 5) is 38.0. The number of fused-ring (bicyclic) bond motifs is 2. The first-order valence-electron chi connectivity index (χ1n) is 9.50. The lowest BCUT2D eigenvalue weighted by atomic mass is 10.0. The zero-order valence-electron chi connectivity index (χ0n) is 16.9. The summed E-state index contributed by atoms with van der Waals surface area (Å²) in [5, 5.41) is 11.9. The number of carbonyl (C=O) groups is 3. The zero-order valence-corrected chi connectivity index (χ0v) is 17.7. The van der Waals surface area contributed by atoms with Crippen molar-refractivity contribution in [3.05, 3.63) is 48.1 Å². The van der Waals surface area contributed by atoms with Gasteiger partial charge in [0.2, 0.25) is 0 Å². The number of carboxylic acid groups (broad SMARTS) is 1. The van der Waals surface area contributed by atoms with Crippen LogP contribution >= 0.6 is 11.8 Å². The number of amides is 2. The van der Waals surface area contributed by atoms with E-state index in [1.54, 1.807) is 20.8 Å². The van der Waals surface area contributed by atoms with Crippen molar-refractivity contribution in [1.82, 2.24) is 14.6 Å². The van der Waals surface area contributed by atoms with Gasteiger partial charge in [0.1, 0.15) is 41.7 Å². The van der Waals surface area contributed by atoms with E-state index in [0.29, 0.717) is 17.9 Å². The summed E-state index contributed by atoms with van der Waals surface area (Å²) in [5.41, 5.74) is 0.873. The minimum Gasteiger partial charge on any atom is -0.477 e. The number of ether oxygens (including phenoxy) is 1. The van der Waals surface area contributed by atoms with Gasteiger partial charge in [-0.1, -0.05) is 6.07 Å². The Labute approximate surface area is 177 Å². The number of aromatic nitrogens is 2. The molecule has 2 aromatic heterocycles. The van der Waals surface area contributed by atoms with Crippen molar-refractivity contribution in [2.24, 2.45) is 0 Å². The third-order valence-electron chi connectivity index (χ3n) is 4.85. The molecule has 0 unspecified atom stereocenters. The van der Waals surface area contributed by atoms with E-state index >= 15 is 0 Å². The number of nitrogens with zero attached hydrogens (tertiary/aromatic N) is 3. The standard InChI is InChI=1S/C20H22N4O5S/c1-20(2,3)29-19(28)21-14-16(25)24-15(18(26)27)12(11-30-17(14)24)10-23-9-8-22-7-5-4-6-13(22)23/h4-9,14,17H,10-11H2,1-3H3,(H-,21,26,27,28)/p+1/t14-,17+/m1/s1. The number of thioether (sulfide) groups is 1. The van der Waals surface area contributed by atoms with Crippen molar-refractivity contribution in [2.45, 2.75) is 44.3 Å². The molecular formula is C20H23N4O5S+. The van der Waals surface area contributed by atoms with E-state index in [2.05, 4.69) is 5.32 Å². The maximum Gasteiger partial charge on any atom is 0.408 e. The largest absolute Gasteiger partial charge is 0.477 e. The maximum absolute atomic E-state index is 12.7. The van der Waals surface area contributed by atoms with Crippen LogP contribution in [0.1, 0.15) is 20.8 Å². The van der Waals surface area contributed by atoms with Crippen LogP contribution in [0.3, 0.4) is 0 Å². The number of carbonyl (C=O) groups excluding carboxylic acids is 2. The number of carboxylic acids is 1. The summed E-state index contributed by atoms with van der Waals surface area (Å²) in [5.74, 6) is -1.15. The third-order valence-corrected chi connectivity index (χ3v) is 6.19. The molecule has 30 heavy (non-hydrogen) atoms. The zero-order chi connectivity index (χ0) is 21.6. The molecule has 0 aliphatic carbocycles. The van der Waals surface area contributed by atoms with E-state index in [0.717, 1.165) is 5.65 Å². The molecule has 158 valence electrons. The quantitative estimate of drug-likeness (QED) is 0.560. The Kier molecular flexibility index (Phi) is 4.97. The molecule has 0 aromatic carbocycles. The van der Waals surface area contributed by atoms with E-state index in [1.807, 2.05) is 45.8 Å². The first kappa shape index (κ1) is 20.3. The Balaban J connectivity index is 1.56. The third kappa shape index (κ3) is 3.62. The first-order valence-corrected chi connectivity index (χ1v) is 10.6. The average Bonchev–Trinajstić information content (AvgIpc) is 3.07. The number of aliphatic carboxylic acids is 1. The smallest absolute Gasteiger partial charge is 0.408 e. The van der Waals surface area contributed by atoms with E-state index in [4.69, 9.17) is 4.74 Å². The van der Waals surface area contributed by atoms with Gasteiger partial charge in [-0.2, -0.15) is 0 Å². The van der Waals surface area contributed by atoms with Crippen LogP contribution < -0.4 is 9.88 Å². The monoisotopic (exact) mass is 431 g/mol. The second-order valence-corrected chi connectivity index (χ2v) is 9.29. The number of β-lactam (4-membered cyclic amide) rings is 1. The molecule has 2 amide bonds. The fraction of sp³-hybridized carbons (Fsp3) is 0.400. The number of nitrogens with one attached hydrogen (secondary N) is 1. The van der Waals surface area contributed by atoms with Crippen LogP contribution in [0.15, 0.2) is 48.1 Å². The van der Waals surface area contributed by atoms with Crippen molar-refractivity contribution in [1.29, 1.82) is 0 Å². The molecule has 4 heterocycles. The van der Waals surface area contributed by atoms with Gasteiger partial charge in [-0.05, 0) is 26.8 Å². The van der Waals surface area contributed by atoms with E-state index < -0.39 is 35.0 Å². The topological polar surface area (TPSA) is 104 Å². The fourth-order valence-electron chi connectivity index (χ4n) is 3.62. The maximum atomic E-state index is 12.7. The predicted octanol–water partition coefficient (Wildman–Crippen LogP) is 1.37. The number of alkyl carbamates (subject to hydrolysis) is 1. The second kappa shape index (κ2) is 7.35. The van der Waals surface area contributed by atoms with Crippen LogP contribution in [-0.2, 0) is 20.9 Å². The Hall–Kier alpha value is -3.01. The second-order valence-electron chi connectivity index (χ2n) is 8.18. The SMILES string of the molecule is CC(C)(C)OC(=O)N[C@@H]1C(=O)N2C(C(=O)O)=C(C[n+]3ccn4ccccc43)CS[C@@H]12. The van der Waals surface area contributed by atoms with Crippen LogP contribution in [0.2, 0.25) is 0 Å². The lowest BCUT2D eigenvalue weighted by Gasteiger charge is -2.49. The average molecular weight is 431 g/mol. The highest BCUT2D eigenvalue weighted by Gasteiger charge is 2.54. The van der Waals surface area contributed by atoms with Gasteiger partial charge in [0.05, 0.1) is 6.20 Å². The molecule has 1 fully saturated rings. The van der Waals surface area contributed by atoms with Crippen molar-refractivity contribution in [3.63, 3.8) is 0 Å². The number of hydrogen-bond acceptors (Lipinski definition) is 5. The molecule has 2 aliphatic heterocycles. The fourth-order valence-corrected chi connectivity index (χ4v) is 4.96. The molecule has 10 heteroatoms. The van der Waals surface area contributed by atoms with E-state index in [-0.39, 0.29) is 5.70 Å². The van der Waals surface area contributed by atoms with Gasteiger partial charge < -0.3 is 15.2 Å². The van der Waals surface area contributed by atoms with Crippen LogP contribution in [0.5, 0.6) is 0 Å². The summed E-state index contributed by atoms with van der Waals surface area (Å²) in [6.07, 6.45) is 4.99. The number of imidazole rings is 1. The molecule has 1 saturated heterocycles. The minimum atomic E-state index is -1.15. The van der Waals surface area contributed by atoms with Crippen LogP contribution in [0.4, 0.5) is 4.79 Å². The van der Waals surface area contributed by atoms with Gasteiger partial charge in [-0.25, -0.2) is 18.6 Å². The number of hydrogen-bond donors (Lipinski definition) is 2. The highest BCUT2D eigenvalue weighted by molar-refractivity contribution is 8.00.